The van der Waals surface area contributed by atoms with Crippen molar-refractivity contribution in [2.75, 3.05) is 26.7 Å². The van der Waals surface area contributed by atoms with Crippen LogP contribution in [0.1, 0.15) is 12.8 Å². The zero-order chi connectivity index (χ0) is 17.2. The molecule has 1 heterocycles. The van der Waals surface area contributed by atoms with Crippen LogP contribution >= 0.6 is 11.6 Å². The number of carboxylic acid groups (broad SMARTS) is 1. The molecule has 0 saturated carbocycles. The van der Waals surface area contributed by atoms with E-state index in [0.717, 1.165) is 12.1 Å². The lowest BCUT2D eigenvalue weighted by atomic mass is 10.1. The Bertz CT molecular complexity index is 670. The molecular formula is C14H18ClFN2O4S. The summed E-state index contributed by atoms with van der Waals surface area (Å²) in [5.74, 6) is -1.62. The van der Waals surface area contributed by atoms with Crippen LogP contribution in [0.15, 0.2) is 23.1 Å². The summed E-state index contributed by atoms with van der Waals surface area (Å²) < 4.78 is 39.7. The number of halogens is 2. The molecule has 0 radical (unpaired) electrons. The van der Waals surface area contributed by atoms with Gasteiger partial charge >= 0.3 is 5.97 Å². The summed E-state index contributed by atoms with van der Waals surface area (Å²) in [6.45, 7) is 0.424. The second kappa shape index (κ2) is 7.12. The number of hydrogen-bond donors (Lipinski definition) is 1. The number of nitrogens with zero attached hydrogens (tertiary/aromatic N) is 2. The normalized spacial score (nSPS) is 17.6. The number of hydrogen-bond acceptors (Lipinski definition) is 4. The lowest BCUT2D eigenvalue weighted by Crippen LogP contribution is -2.46. The van der Waals surface area contributed by atoms with E-state index in [1.807, 2.05) is 0 Å². The summed E-state index contributed by atoms with van der Waals surface area (Å²) in [4.78, 5) is 12.3. The minimum atomic E-state index is -3.81. The molecule has 1 saturated heterocycles. The van der Waals surface area contributed by atoms with Crippen LogP contribution < -0.4 is 0 Å². The van der Waals surface area contributed by atoms with Crippen LogP contribution in [-0.4, -0.2) is 61.4 Å². The number of aliphatic carboxylic acids is 1. The second-order valence-electron chi connectivity index (χ2n) is 5.55. The van der Waals surface area contributed by atoms with Crippen molar-refractivity contribution in [2.45, 2.75) is 23.8 Å². The van der Waals surface area contributed by atoms with E-state index in [1.165, 1.54) is 10.4 Å². The average Bonchev–Trinajstić information content (AvgIpc) is 2.45. The summed E-state index contributed by atoms with van der Waals surface area (Å²) in [6.07, 6.45) is 1.04. The van der Waals surface area contributed by atoms with Gasteiger partial charge in [-0.05, 0) is 38.1 Å². The van der Waals surface area contributed by atoms with Gasteiger partial charge in [0.1, 0.15) is 5.82 Å². The van der Waals surface area contributed by atoms with Crippen molar-refractivity contribution in [1.82, 2.24) is 9.21 Å². The van der Waals surface area contributed by atoms with Crippen molar-refractivity contribution in [2.24, 2.45) is 0 Å². The summed E-state index contributed by atoms with van der Waals surface area (Å²) in [7, 11) is -2.10. The van der Waals surface area contributed by atoms with E-state index >= 15 is 0 Å². The zero-order valence-corrected chi connectivity index (χ0v) is 14.1. The highest BCUT2D eigenvalue weighted by Gasteiger charge is 2.31. The molecule has 6 nitrogen and oxygen atoms in total. The highest BCUT2D eigenvalue weighted by Crippen LogP contribution is 2.25. The summed E-state index contributed by atoms with van der Waals surface area (Å²) in [5, 5.41) is 8.83. The van der Waals surface area contributed by atoms with E-state index in [2.05, 4.69) is 0 Å². The van der Waals surface area contributed by atoms with Crippen LogP contribution in [-0.2, 0) is 14.8 Å². The number of carboxylic acids is 1. The van der Waals surface area contributed by atoms with Crippen molar-refractivity contribution in [3.8, 4) is 0 Å². The van der Waals surface area contributed by atoms with Gasteiger partial charge in [0.2, 0.25) is 10.0 Å². The molecule has 1 aromatic carbocycles. The average molecular weight is 365 g/mol. The van der Waals surface area contributed by atoms with Crippen LogP contribution in [0.25, 0.3) is 0 Å². The molecule has 0 bridgehead atoms. The summed E-state index contributed by atoms with van der Waals surface area (Å²) in [5.41, 5.74) is 0. The lowest BCUT2D eigenvalue weighted by molar-refractivity contribution is -0.138. The van der Waals surface area contributed by atoms with Gasteiger partial charge in [0.05, 0.1) is 11.4 Å². The molecule has 0 spiro atoms. The van der Waals surface area contributed by atoms with E-state index in [1.54, 1.807) is 11.9 Å². The lowest BCUT2D eigenvalue weighted by Gasteiger charge is -2.35. The van der Waals surface area contributed by atoms with Gasteiger partial charge < -0.3 is 5.11 Å². The Balaban J connectivity index is 2.08. The van der Waals surface area contributed by atoms with Crippen molar-refractivity contribution in [3.05, 3.63) is 29.0 Å². The second-order valence-corrected chi connectivity index (χ2v) is 7.92. The third-order valence-electron chi connectivity index (χ3n) is 3.91. The molecule has 2 rings (SSSR count). The van der Waals surface area contributed by atoms with Gasteiger partial charge in [-0.15, -0.1) is 0 Å². The zero-order valence-electron chi connectivity index (χ0n) is 12.6. The van der Waals surface area contributed by atoms with Gasteiger partial charge in [-0.2, -0.15) is 4.31 Å². The van der Waals surface area contributed by atoms with Crippen LogP contribution in [0.3, 0.4) is 0 Å². The van der Waals surface area contributed by atoms with E-state index in [4.69, 9.17) is 16.7 Å². The predicted octanol–water partition coefficient (Wildman–Crippen LogP) is 1.65. The number of carbonyl (C=O) groups is 1. The van der Waals surface area contributed by atoms with Gasteiger partial charge in [0, 0.05) is 24.2 Å². The first-order chi connectivity index (χ1) is 10.7. The molecule has 1 N–H and O–H groups in total. The SMILES string of the molecule is CN(CC(=O)O)C1CCN(S(=O)(=O)c2cc(F)cc(Cl)c2)CC1. The molecule has 23 heavy (non-hydrogen) atoms. The first-order valence-corrected chi connectivity index (χ1v) is 8.90. The summed E-state index contributed by atoms with van der Waals surface area (Å²) >= 11 is 5.72. The van der Waals surface area contributed by atoms with Gasteiger partial charge in [0.25, 0.3) is 0 Å². The fourth-order valence-corrected chi connectivity index (χ4v) is 4.51. The highest BCUT2D eigenvalue weighted by molar-refractivity contribution is 7.89. The molecular weight excluding hydrogens is 347 g/mol. The Morgan fingerprint density at radius 1 is 1.39 bits per heavy atom. The quantitative estimate of drug-likeness (QED) is 0.859. The van der Waals surface area contributed by atoms with Crippen molar-refractivity contribution >= 4 is 27.6 Å². The highest BCUT2D eigenvalue weighted by atomic mass is 35.5. The van der Waals surface area contributed by atoms with Crippen LogP contribution in [0.4, 0.5) is 4.39 Å². The number of likely N-dealkylation sites (N-methyl/N-ethyl adjacent to an activating group) is 1. The molecule has 1 aliphatic heterocycles. The molecule has 0 aliphatic carbocycles. The van der Waals surface area contributed by atoms with E-state index in [9.17, 15) is 17.6 Å². The molecule has 0 amide bonds. The Hall–Kier alpha value is -1.22. The molecule has 128 valence electrons. The Morgan fingerprint density at radius 3 is 2.52 bits per heavy atom. The van der Waals surface area contributed by atoms with Crippen LogP contribution in [0.5, 0.6) is 0 Å². The number of benzene rings is 1. The molecule has 0 aromatic heterocycles. The molecule has 0 unspecified atom stereocenters. The molecule has 1 aliphatic rings. The molecule has 1 aromatic rings. The molecule has 1 fully saturated rings. The Labute approximate surface area is 139 Å². The fraction of sp³-hybridized carbons (Fsp3) is 0.500. The third kappa shape index (κ3) is 4.41. The van der Waals surface area contributed by atoms with Gasteiger partial charge in [0.15, 0.2) is 0 Å². The first kappa shape index (κ1) is 18.1. The number of rotatable bonds is 5. The molecule has 9 heteroatoms. The number of sulfonamides is 1. The maximum absolute atomic E-state index is 13.4. The third-order valence-corrected chi connectivity index (χ3v) is 6.00. The first-order valence-electron chi connectivity index (χ1n) is 7.08. The van der Waals surface area contributed by atoms with Crippen LogP contribution in [0.2, 0.25) is 5.02 Å². The van der Waals surface area contributed by atoms with Gasteiger partial charge in [-0.1, -0.05) is 11.6 Å². The predicted molar refractivity (Wildman–Crippen MR) is 83.5 cm³/mol. The van der Waals surface area contributed by atoms with Gasteiger partial charge in [-0.25, -0.2) is 12.8 Å². The van der Waals surface area contributed by atoms with Crippen molar-refractivity contribution < 1.29 is 22.7 Å². The largest absolute Gasteiger partial charge is 0.480 e. The van der Waals surface area contributed by atoms with E-state index in [0.29, 0.717) is 12.8 Å². The maximum atomic E-state index is 13.4. The number of piperidine rings is 1. The summed E-state index contributed by atoms with van der Waals surface area (Å²) in [6, 6.07) is 3.23. The topological polar surface area (TPSA) is 77.9 Å². The van der Waals surface area contributed by atoms with Crippen molar-refractivity contribution in [1.29, 1.82) is 0 Å². The van der Waals surface area contributed by atoms with Gasteiger partial charge in [-0.3, -0.25) is 9.69 Å². The van der Waals surface area contributed by atoms with Crippen molar-refractivity contribution in [3.63, 3.8) is 0 Å². The van der Waals surface area contributed by atoms with E-state index in [-0.39, 0.29) is 35.6 Å². The Morgan fingerprint density at radius 2 is 2.00 bits per heavy atom. The Kier molecular flexibility index (Phi) is 5.61. The standard InChI is InChI=1S/C14H18ClFN2O4S/c1-17(9-14(19)20)12-2-4-18(5-3-12)23(21,22)13-7-10(15)6-11(16)8-13/h6-8,12H,2-5,9H2,1H3,(H,19,20). The minimum absolute atomic E-state index is 0.00801. The molecule has 0 atom stereocenters. The monoisotopic (exact) mass is 364 g/mol. The van der Waals surface area contributed by atoms with Crippen LogP contribution in [0, 0.1) is 5.82 Å². The fourth-order valence-electron chi connectivity index (χ4n) is 2.69. The minimum Gasteiger partial charge on any atom is -0.480 e. The maximum Gasteiger partial charge on any atom is 0.317 e. The smallest absolute Gasteiger partial charge is 0.317 e. The van der Waals surface area contributed by atoms with E-state index < -0.39 is 21.8 Å².